The Hall–Kier alpha value is -3.92. The van der Waals surface area contributed by atoms with Crippen LogP contribution in [-0.2, 0) is 0 Å². The van der Waals surface area contributed by atoms with E-state index < -0.39 is 5.92 Å². The summed E-state index contributed by atoms with van der Waals surface area (Å²) >= 11 is 0. The number of hydrogen-bond acceptors (Lipinski definition) is 6. The van der Waals surface area contributed by atoms with Gasteiger partial charge in [0, 0.05) is 5.39 Å². The Labute approximate surface area is 160 Å². The molecule has 4 rings (SSSR count). The van der Waals surface area contributed by atoms with Crippen molar-refractivity contribution >= 4 is 10.9 Å². The predicted molar refractivity (Wildman–Crippen MR) is 103 cm³/mol. The van der Waals surface area contributed by atoms with E-state index in [1.54, 1.807) is 24.3 Å². The molecule has 7 nitrogen and oxygen atoms in total. The molecule has 140 valence electrons. The van der Waals surface area contributed by atoms with Gasteiger partial charge in [-0.1, -0.05) is 18.2 Å². The van der Waals surface area contributed by atoms with Gasteiger partial charge in [-0.05, 0) is 29.8 Å². The molecule has 7 heteroatoms. The maximum Gasteiger partial charge on any atom is 0.256 e. The maximum absolute atomic E-state index is 12.9. The number of methoxy groups -OCH3 is 2. The van der Waals surface area contributed by atoms with Gasteiger partial charge in [0.1, 0.15) is 17.4 Å². The molecule has 0 radical (unpaired) electrons. The van der Waals surface area contributed by atoms with Gasteiger partial charge in [-0.15, -0.1) is 0 Å². The van der Waals surface area contributed by atoms with Gasteiger partial charge in [-0.25, -0.2) is 0 Å². The van der Waals surface area contributed by atoms with E-state index in [1.165, 1.54) is 14.2 Å². The van der Waals surface area contributed by atoms with Crippen LogP contribution in [0.2, 0.25) is 0 Å². The summed E-state index contributed by atoms with van der Waals surface area (Å²) in [5, 5.41) is 10.4. The summed E-state index contributed by atoms with van der Waals surface area (Å²) in [5.41, 5.74) is 7.52. The molecule has 0 fully saturated rings. The standard InChI is InChI=1S/C21H17N3O4/c1-26-15-8-7-11(9-16(15)27-2)17-13(10-22)20(23)28-19-12-5-3-4-6-14(12)24-21(25)18(17)19/h3-9,17H,23H2,1-2H3,(H,24,25). The fourth-order valence-electron chi connectivity index (χ4n) is 3.54. The minimum atomic E-state index is -0.693. The first-order chi connectivity index (χ1) is 13.6. The van der Waals surface area contributed by atoms with E-state index in [9.17, 15) is 10.1 Å². The van der Waals surface area contributed by atoms with Gasteiger partial charge in [0.05, 0.1) is 31.2 Å². The van der Waals surface area contributed by atoms with Crippen LogP contribution in [0.1, 0.15) is 17.0 Å². The number of nitrogens with zero attached hydrogens (tertiary/aromatic N) is 1. The van der Waals surface area contributed by atoms with Crippen molar-refractivity contribution in [1.82, 2.24) is 4.98 Å². The van der Waals surface area contributed by atoms with E-state index in [0.717, 1.165) is 0 Å². The van der Waals surface area contributed by atoms with E-state index in [2.05, 4.69) is 11.1 Å². The number of fused-ring (bicyclic) bond motifs is 3. The lowest BCUT2D eigenvalue weighted by Crippen LogP contribution is -2.27. The van der Waals surface area contributed by atoms with Crippen molar-refractivity contribution in [1.29, 1.82) is 5.26 Å². The van der Waals surface area contributed by atoms with Gasteiger partial charge in [-0.3, -0.25) is 4.79 Å². The summed E-state index contributed by atoms with van der Waals surface area (Å²) in [6, 6.07) is 14.6. The molecule has 3 N–H and O–H groups in total. The number of allylic oxidation sites excluding steroid dienone is 1. The SMILES string of the molecule is COc1ccc(C2C(C#N)=C(N)Oc3c2c(=O)[nH]c2ccccc32)cc1OC. The van der Waals surface area contributed by atoms with Crippen molar-refractivity contribution in [2.24, 2.45) is 5.73 Å². The molecule has 0 amide bonds. The molecule has 0 aliphatic carbocycles. The van der Waals surface area contributed by atoms with E-state index >= 15 is 0 Å². The first-order valence-electron chi connectivity index (χ1n) is 8.53. The number of para-hydroxylation sites is 1. The van der Waals surface area contributed by atoms with Crippen molar-refractivity contribution < 1.29 is 14.2 Å². The normalized spacial score (nSPS) is 15.5. The second kappa shape index (κ2) is 6.67. The predicted octanol–water partition coefficient (Wildman–Crippen LogP) is 2.76. The van der Waals surface area contributed by atoms with Crippen molar-refractivity contribution in [3.63, 3.8) is 0 Å². The molecule has 1 aliphatic rings. The maximum atomic E-state index is 12.9. The van der Waals surface area contributed by atoms with Gasteiger partial charge < -0.3 is 24.9 Å². The third kappa shape index (κ3) is 2.55. The average Bonchev–Trinajstić information content (AvgIpc) is 2.72. The molecule has 1 unspecified atom stereocenters. The molecule has 0 spiro atoms. The zero-order chi connectivity index (χ0) is 19.8. The lowest BCUT2D eigenvalue weighted by atomic mass is 9.83. The summed E-state index contributed by atoms with van der Waals surface area (Å²) in [4.78, 5) is 15.8. The fourth-order valence-corrected chi connectivity index (χ4v) is 3.54. The van der Waals surface area contributed by atoms with Crippen LogP contribution in [0.4, 0.5) is 0 Å². The largest absolute Gasteiger partial charge is 0.493 e. The summed E-state index contributed by atoms with van der Waals surface area (Å²) in [5.74, 6) is 0.672. The highest BCUT2D eigenvalue weighted by Crippen LogP contribution is 2.44. The summed E-state index contributed by atoms with van der Waals surface area (Å²) in [6.45, 7) is 0. The quantitative estimate of drug-likeness (QED) is 0.728. The fraction of sp³-hybridized carbons (Fsp3) is 0.143. The second-order valence-corrected chi connectivity index (χ2v) is 6.28. The van der Waals surface area contributed by atoms with E-state index in [4.69, 9.17) is 19.9 Å². The highest BCUT2D eigenvalue weighted by molar-refractivity contribution is 5.87. The van der Waals surface area contributed by atoms with Crippen molar-refractivity contribution in [3.8, 4) is 23.3 Å². The number of aromatic amines is 1. The van der Waals surface area contributed by atoms with E-state index in [0.29, 0.717) is 39.3 Å². The molecule has 1 atom stereocenters. The highest BCUT2D eigenvalue weighted by atomic mass is 16.5. The van der Waals surface area contributed by atoms with Crippen LogP contribution in [0.25, 0.3) is 10.9 Å². The molecule has 1 aliphatic heterocycles. The van der Waals surface area contributed by atoms with E-state index in [1.807, 2.05) is 18.2 Å². The number of ether oxygens (including phenoxy) is 3. The lowest BCUT2D eigenvalue weighted by molar-refractivity contribution is 0.354. The van der Waals surface area contributed by atoms with Crippen LogP contribution >= 0.6 is 0 Å². The summed E-state index contributed by atoms with van der Waals surface area (Å²) in [6.07, 6.45) is 0. The Balaban J connectivity index is 2.04. The lowest BCUT2D eigenvalue weighted by Gasteiger charge is -2.27. The number of hydrogen-bond donors (Lipinski definition) is 2. The van der Waals surface area contributed by atoms with Gasteiger partial charge >= 0.3 is 0 Å². The third-order valence-electron chi connectivity index (χ3n) is 4.83. The van der Waals surface area contributed by atoms with E-state index in [-0.39, 0.29) is 17.0 Å². The zero-order valence-electron chi connectivity index (χ0n) is 15.3. The number of nitrogens with two attached hydrogens (primary N) is 1. The molecule has 0 saturated heterocycles. The number of pyridine rings is 1. The molecule has 1 aromatic heterocycles. The van der Waals surface area contributed by atoms with Crippen LogP contribution in [0.15, 0.2) is 58.7 Å². The highest BCUT2D eigenvalue weighted by Gasteiger charge is 2.34. The number of H-pyrrole nitrogens is 1. The number of benzene rings is 2. The van der Waals surface area contributed by atoms with Crippen molar-refractivity contribution in [2.75, 3.05) is 14.2 Å². The Morgan fingerprint density at radius 3 is 2.61 bits per heavy atom. The van der Waals surface area contributed by atoms with Crippen LogP contribution in [0, 0.1) is 11.3 Å². The summed E-state index contributed by atoms with van der Waals surface area (Å²) in [7, 11) is 3.06. The molecule has 0 bridgehead atoms. The Bertz CT molecular complexity index is 1220. The number of nitrogens with one attached hydrogen (secondary N) is 1. The monoisotopic (exact) mass is 375 g/mol. The second-order valence-electron chi connectivity index (χ2n) is 6.28. The molecule has 28 heavy (non-hydrogen) atoms. The van der Waals surface area contributed by atoms with Crippen molar-refractivity contribution in [3.05, 3.63) is 75.4 Å². The Morgan fingerprint density at radius 2 is 1.89 bits per heavy atom. The Morgan fingerprint density at radius 1 is 1.14 bits per heavy atom. The smallest absolute Gasteiger partial charge is 0.256 e. The van der Waals surface area contributed by atoms with Crippen LogP contribution < -0.4 is 25.5 Å². The molecular formula is C21H17N3O4. The van der Waals surface area contributed by atoms with Crippen LogP contribution in [0.5, 0.6) is 17.2 Å². The number of aromatic nitrogens is 1. The zero-order valence-corrected chi connectivity index (χ0v) is 15.3. The topological polar surface area (TPSA) is 110 Å². The molecule has 2 heterocycles. The van der Waals surface area contributed by atoms with Gasteiger partial charge in [0.2, 0.25) is 5.88 Å². The molecule has 2 aromatic carbocycles. The van der Waals surface area contributed by atoms with Gasteiger partial charge in [0.15, 0.2) is 11.5 Å². The minimum absolute atomic E-state index is 0.0227. The number of nitriles is 1. The van der Waals surface area contributed by atoms with Crippen molar-refractivity contribution in [2.45, 2.75) is 5.92 Å². The molecular weight excluding hydrogens is 358 g/mol. The van der Waals surface area contributed by atoms with Gasteiger partial charge in [0.25, 0.3) is 5.56 Å². The van der Waals surface area contributed by atoms with Crippen LogP contribution in [0.3, 0.4) is 0 Å². The first kappa shape index (κ1) is 17.5. The minimum Gasteiger partial charge on any atom is -0.493 e. The number of rotatable bonds is 3. The average molecular weight is 375 g/mol. The Kier molecular flexibility index (Phi) is 4.17. The third-order valence-corrected chi connectivity index (χ3v) is 4.83. The molecule has 3 aromatic rings. The molecule has 0 saturated carbocycles. The van der Waals surface area contributed by atoms with Crippen LogP contribution in [-0.4, -0.2) is 19.2 Å². The van der Waals surface area contributed by atoms with Gasteiger partial charge in [-0.2, -0.15) is 5.26 Å². The summed E-state index contributed by atoms with van der Waals surface area (Å²) < 4.78 is 16.4. The first-order valence-corrected chi connectivity index (χ1v) is 8.53.